The van der Waals surface area contributed by atoms with Crippen molar-refractivity contribution in [1.82, 2.24) is 15.0 Å². The van der Waals surface area contributed by atoms with Gasteiger partial charge in [0.15, 0.2) is 0 Å². The quantitative estimate of drug-likeness (QED) is 0.312. The van der Waals surface area contributed by atoms with Crippen molar-refractivity contribution in [1.29, 1.82) is 0 Å². The molecule has 3 N–H and O–H groups in total. The number of amides is 1. The molecule has 0 unspecified atom stereocenters. The number of anilines is 3. The van der Waals surface area contributed by atoms with Crippen molar-refractivity contribution in [2.75, 3.05) is 10.6 Å². The van der Waals surface area contributed by atoms with Crippen LogP contribution in [0.1, 0.15) is 15.9 Å². The number of pyridine rings is 2. The van der Waals surface area contributed by atoms with Crippen molar-refractivity contribution in [3.63, 3.8) is 0 Å². The van der Waals surface area contributed by atoms with E-state index in [9.17, 15) is 9.18 Å². The van der Waals surface area contributed by atoms with Crippen LogP contribution >= 0.6 is 0 Å². The normalized spacial score (nSPS) is 10.8. The van der Waals surface area contributed by atoms with E-state index in [2.05, 4.69) is 20.6 Å². The first kappa shape index (κ1) is 20.4. The van der Waals surface area contributed by atoms with Crippen LogP contribution < -0.4 is 10.6 Å². The number of benzene rings is 2. The molecule has 6 nitrogen and oxygen atoms in total. The highest BCUT2D eigenvalue weighted by Crippen LogP contribution is 2.31. The number of nitrogens with zero attached hydrogens (tertiary/aromatic N) is 2. The highest BCUT2D eigenvalue weighted by atomic mass is 19.1. The fourth-order valence-electron chi connectivity index (χ4n) is 3.62. The molecule has 0 radical (unpaired) electrons. The van der Waals surface area contributed by atoms with Crippen LogP contribution in [0.25, 0.3) is 22.3 Å². The number of H-pyrrole nitrogens is 1. The Bertz CT molecular complexity index is 1460. The summed E-state index contributed by atoms with van der Waals surface area (Å²) in [4.78, 5) is 24.8. The van der Waals surface area contributed by atoms with Gasteiger partial charge in [-0.15, -0.1) is 0 Å². The predicted molar refractivity (Wildman–Crippen MR) is 128 cm³/mol. The summed E-state index contributed by atoms with van der Waals surface area (Å²) in [5.74, 6) is -0.724. The van der Waals surface area contributed by atoms with Gasteiger partial charge < -0.3 is 15.6 Å². The van der Waals surface area contributed by atoms with Gasteiger partial charge in [-0.05, 0) is 67.1 Å². The van der Waals surface area contributed by atoms with Crippen LogP contribution in [0.4, 0.5) is 21.5 Å². The standard InChI is InChI=1S/C26H20FN5O/c1-16-7-8-17(26(33)30-20-6-2-5-19(27)13-20)12-22(16)31-24-14-23(18-4-3-10-28-15-18)32-25-21(24)9-11-29-25/h2-15H,1H3,(H,30,33)(H2,29,31,32). The molecule has 0 atom stereocenters. The second-order valence-corrected chi connectivity index (χ2v) is 7.66. The molecule has 3 heterocycles. The topological polar surface area (TPSA) is 82.7 Å². The molecule has 33 heavy (non-hydrogen) atoms. The third kappa shape index (κ3) is 4.29. The van der Waals surface area contributed by atoms with E-state index in [1.165, 1.54) is 12.1 Å². The van der Waals surface area contributed by atoms with Crippen LogP contribution in [0.2, 0.25) is 0 Å². The first-order valence-corrected chi connectivity index (χ1v) is 10.4. The van der Waals surface area contributed by atoms with Crippen LogP contribution in [0.3, 0.4) is 0 Å². The van der Waals surface area contributed by atoms with Crippen molar-refractivity contribution in [2.24, 2.45) is 0 Å². The third-order valence-corrected chi connectivity index (χ3v) is 5.34. The van der Waals surface area contributed by atoms with Crippen LogP contribution in [0, 0.1) is 12.7 Å². The number of aromatic nitrogens is 3. The van der Waals surface area contributed by atoms with E-state index in [4.69, 9.17) is 4.98 Å². The number of rotatable bonds is 5. The van der Waals surface area contributed by atoms with Gasteiger partial charge in [0.25, 0.3) is 5.91 Å². The summed E-state index contributed by atoms with van der Waals surface area (Å²) in [6.07, 6.45) is 5.33. The molecule has 0 bridgehead atoms. The summed E-state index contributed by atoms with van der Waals surface area (Å²) in [5, 5.41) is 7.12. The minimum absolute atomic E-state index is 0.318. The largest absolute Gasteiger partial charge is 0.355 e. The van der Waals surface area contributed by atoms with Gasteiger partial charge in [0.2, 0.25) is 0 Å². The zero-order valence-electron chi connectivity index (χ0n) is 17.8. The Balaban J connectivity index is 1.48. The van der Waals surface area contributed by atoms with Gasteiger partial charge in [-0.2, -0.15) is 0 Å². The van der Waals surface area contributed by atoms with Crippen molar-refractivity contribution >= 4 is 34.0 Å². The monoisotopic (exact) mass is 437 g/mol. The van der Waals surface area contributed by atoms with Gasteiger partial charge >= 0.3 is 0 Å². The Labute approximate surface area is 189 Å². The lowest BCUT2D eigenvalue weighted by Crippen LogP contribution is -2.12. The third-order valence-electron chi connectivity index (χ3n) is 5.34. The summed E-state index contributed by atoms with van der Waals surface area (Å²) in [6.45, 7) is 1.97. The van der Waals surface area contributed by atoms with Crippen molar-refractivity contribution in [3.05, 3.63) is 102 Å². The summed E-state index contributed by atoms with van der Waals surface area (Å²) >= 11 is 0. The van der Waals surface area contributed by atoms with Gasteiger partial charge in [0.1, 0.15) is 11.5 Å². The molecule has 7 heteroatoms. The van der Waals surface area contributed by atoms with Crippen LogP contribution in [-0.4, -0.2) is 20.9 Å². The summed E-state index contributed by atoms with van der Waals surface area (Å²) < 4.78 is 13.5. The lowest BCUT2D eigenvalue weighted by atomic mass is 10.1. The van der Waals surface area contributed by atoms with Gasteiger partial charge in [-0.25, -0.2) is 9.37 Å². The molecule has 0 spiro atoms. The number of carbonyl (C=O) groups excluding carboxylic acids is 1. The Morgan fingerprint density at radius 2 is 1.91 bits per heavy atom. The van der Waals surface area contributed by atoms with E-state index in [-0.39, 0.29) is 5.91 Å². The summed E-state index contributed by atoms with van der Waals surface area (Å²) in [6, 6.07) is 19.0. The Kier molecular flexibility index (Phi) is 5.28. The summed E-state index contributed by atoms with van der Waals surface area (Å²) in [5.41, 5.74) is 5.89. The molecule has 0 fully saturated rings. The lowest BCUT2D eigenvalue weighted by molar-refractivity contribution is 0.102. The van der Waals surface area contributed by atoms with E-state index < -0.39 is 5.82 Å². The molecule has 0 saturated heterocycles. The van der Waals surface area contributed by atoms with Crippen molar-refractivity contribution in [3.8, 4) is 11.3 Å². The van der Waals surface area contributed by atoms with Gasteiger partial charge in [-0.3, -0.25) is 9.78 Å². The molecule has 3 aromatic heterocycles. The minimum Gasteiger partial charge on any atom is -0.355 e. The second kappa shape index (κ2) is 8.55. The molecule has 0 aliphatic rings. The van der Waals surface area contributed by atoms with E-state index >= 15 is 0 Å². The molecule has 162 valence electrons. The fraction of sp³-hybridized carbons (Fsp3) is 0.0385. The molecule has 5 rings (SSSR count). The number of halogens is 1. The maximum absolute atomic E-state index is 13.5. The molecule has 5 aromatic rings. The smallest absolute Gasteiger partial charge is 0.255 e. The Hall–Kier alpha value is -4.52. The van der Waals surface area contributed by atoms with Gasteiger partial charge in [0.05, 0.1) is 11.4 Å². The Morgan fingerprint density at radius 1 is 1.00 bits per heavy atom. The van der Waals surface area contributed by atoms with Crippen LogP contribution in [0.5, 0.6) is 0 Å². The van der Waals surface area contributed by atoms with Gasteiger partial charge in [-0.1, -0.05) is 12.1 Å². The SMILES string of the molecule is Cc1ccc(C(=O)Nc2cccc(F)c2)cc1Nc1cc(-c2cccnc2)nc2[nH]ccc12. The number of hydrogen-bond donors (Lipinski definition) is 3. The van der Waals surface area contributed by atoms with Crippen molar-refractivity contribution in [2.45, 2.75) is 6.92 Å². The van der Waals surface area contributed by atoms with Crippen molar-refractivity contribution < 1.29 is 9.18 Å². The number of hydrogen-bond acceptors (Lipinski definition) is 4. The Morgan fingerprint density at radius 3 is 2.73 bits per heavy atom. The number of nitrogens with one attached hydrogen (secondary N) is 3. The number of carbonyl (C=O) groups is 1. The van der Waals surface area contributed by atoms with E-state index in [1.807, 2.05) is 43.5 Å². The molecular formula is C26H20FN5O. The number of fused-ring (bicyclic) bond motifs is 1. The van der Waals surface area contributed by atoms with Crippen LogP contribution in [-0.2, 0) is 0 Å². The highest BCUT2D eigenvalue weighted by molar-refractivity contribution is 6.05. The zero-order valence-corrected chi connectivity index (χ0v) is 17.8. The number of aromatic amines is 1. The summed E-state index contributed by atoms with van der Waals surface area (Å²) in [7, 11) is 0. The average molecular weight is 437 g/mol. The molecule has 0 aliphatic carbocycles. The fourth-order valence-corrected chi connectivity index (χ4v) is 3.62. The maximum Gasteiger partial charge on any atom is 0.255 e. The van der Waals surface area contributed by atoms with Gasteiger partial charge in [0, 0.05) is 46.5 Å². The molecule has 0 aliphatic heterocycles. The van der Waals surface area contributed by atoms with E-state index in [1.54, 1.807) is 36.7 Å². The number of aryl methyl sites for hydroxylation is 1. The van der Waals surface area contributed by atoms with E-state index in [0.29, 0.717) is 11.3 Å². The molecule has 2 aromatic carbocycles. The highest BCUT2D eigenvalue weighted by Gasteiger charge is 2.13. The first-order chi connectivity index (χ1) is 16.1. The first-order valence-electron chi connectivity index (χ1n) is 10.4. The molecule has 0 saturated carbocycles. The molecule has 1 amide bonds. The van der Waals surface area contributed by atoms with E-state index in [0.717, 1.165) is 39.2 Å². The zero-order chi connectivity index (χ0) is 22.8. The predicted octanol–water partition coefficient (Wildman–Crippen LogP) is 6.07. The lowest BCUT2D eigenvalue weighted by Gasteiger charge is -2.14. The van der Waals surface area contributed by atoms with Crippen LogP contribution in [0.15, 0.2) is 85.3 Å². The second-order valence-electron chi connectivity index (χ2n) is 7.66. The minimum atomic E-state index is -0.406. The molecular weight excluding hydrogens is 417 g/mol. The maximum atomic E-state index is 13.5. The average Bonchev–Trinajstić information content (AvgIpc) is 3.30.